The summed E-state index contributed by atoms with van der Waals surface area (Å²) in [6.45, 7) is 36.4. The molecule has 366 valence electrons. The lowest BCUT2D eigenvalue weighted by molar-refractivity contribution is 0.195. The van der Waals surface area contributed by atoms with E-state index in [1.807, 2.05) is 0 Å². The molecular formula is C67H76BN3Si. The molecule has 72 heavy (non-hydrogen) atoms. The van der Waals surface area contributed by atoms with Crippen LogP contribution in [0, 0.1) is 0 Å². The molecule has 12 rings (SSSR count). The van der Waals surface area contributed by atoms with E-state index in [0.717, 1.165) is 6.42 Å². The Morgan fingerprint density at radius 2 is 0.958 bits per heavy atom. The van der Waals surface area contributed by atoms with Crippen LogP contribution in [0.1, 0.15) is 150 Å². The molecule has 7 aromatic carbocycles. The molecule has 0 amide bonds. The van der Waals surface area contributed by atoms with Gasteiger partial charge in [-0.15, -0.1) is 0 Å². The van der Waals surface area contributed by atoms with Crippen LogP contribution in [0.5, 0.6) is 0 Å². The van der Waals surface area contributed by atoms with E-state index in [1.54, 1.807) is 5.19 Å². The second kappa shape index (κ2) is 15.4. The average Bonchev–Trinajstić information content (AvgIpc) is 3.54. The Labute approximate surface area is 433 Å². The van der Waals surface area contributed by atoms with Crippen molar-refractivity contribution in [3.8, 4) is 0 Å². The summed E-state index contributed by atoms with van der Waals surface area (Å²) in [6, 6.07) is 56.3. The normalized spacial score (nSPS) is 21.9. The van der Waals surface area contributed by atoms with Gasteiger partial charge in [0.2, 0.25) is 0 Å². The van der Waals surface area contributed by atoms with Gasteiger partial charge < -0.3 is 14.7 Å². The predicted molar refractivity (Wildman–Crippen MR) is 315 cm³/mol. The third-order valence-electron chi connectivity index (χ3n) is 18.7. The van der Waals surface area contributed by atoms with Gasteiger partial charge in [0.25, 0.3) is 6.71 Å². The molecule has 0 N–H and O–H groups in total. The minimum Gasteiger partial charge on any atom is -0.334 e. The molecule has 7 aromatic rings. The zero-order valence-corrected chi connectivity index (χ0v) is 47.0. The lowest BCUT2D eigenvalue weighted by Crippen LogP contribution is -2.83. The molecule has 3 nitrogen and oxygen atoms in total. The largest absolute Gasteiger partial charge is 0.334 e. The van der Waals surface area contributed by atoms with Gasteiger partial charge in [-0.1, -0.05) is 205 Å². The molecule has 1 saturated carbocycles. The van der Waals surface area contributed by atoms with Gasteiger partial charge in [-0.25, -0.2) is 0 Å². The van der Waals surface area contributed by atoms with Crippen LogP contribution in [0.3, 0.4) is 0 Å². The molecule has 3 atom stereocenters. The van der Waals surface area contributed by atoms with Crippen molar-refractivity contribution < 1.29 is 0 Å². The first kappa shape index (κ1) is 47.2. The molecule has 0 saturated heterocycles. The van der Waals surface area contributed by atoms with Crippen molar-refractivity contribution in [3.63, 3.8) is 0 Å². The molecular weight excluding hydrogens is 886 g/mol. The summed E-state index contributed by atoms with van der Waals surface area (Å²) in [5.41, 5.74) is 21.5. The van der Waals surface area contributed by atoms with Gasteiger partial charge in [0.1, 0.15) is 8.07 Å². The van der Waals surface area contributed by atoms with Gasteiger partial charge in [0, 0.05) is 50.9 Å². The fraction of sp³-hybridized carbons (Fsp3) is 0.373. The number of nitrogens with zero attached hydrogens (tertiary/aromatic N) is 3. The summed E-state index contributed by atoms with van der Waals surface area (Å²) in [5, 5.41) is 4.56. The fourth-order valence-electron chi connectivity index (χ4n) is 14.2. The summed E-state index contributed by atoms with van der Waals surface area (Å²) >= 11 is 0. The van der Waals surface area contributed by atoms with Gasteiger partial charge >= 0.3 is 0 Å². The highest BCUT2D eigenvalue weighted by Gasteiger charge is 2.59. The standard InChI is InChI=1S/C67H76BN3Si/c1-62(2,3)43-30-32-47(33-31-43)69-54-39-46(65(10,11)12)40-58-61(54)68-59-55(69)41-49(71-52-27-20-19-26-51(52)66(13)34-21-22-35-67(66,71)14)42-56(59)70(48-37-44(63(4,5)6)36-45(38-48)64(7,8)9)53-28-23-29-57(60(53)68)72(58,15)50-24-17-16-18-25-50/h16-20,23-33,36-42H,21-22,34-35H2,1-15H3. The van der Waals surface area contributed by atoms with Crippen molar-refractivity contribution in [1.82, 2.24) is 0 Å². The maximum atomic E-state index is 2.82. The van der Waals surface area contributed by atoms with E-state index in [9.17, 15) is 0 Å². The molecule has 4 aliphatic heterocycles. The SMILES string of the molecule is CC(C)(C)c1ccc(N2c3cc(N4c5ccccc5C5(C)CCCCC45C)cc4c3B3c5c(cccc5[Si](C)(c5ccccc5)c5cc(C(C)(C)C)cc2c53)N4c2cc(C(C)(C)C)cc(C(C)(C)C)c2)cc1. The van der Waals surface area contributed by atoms with Crippen LogP contribution < -0.4 is 46.6 Å². The molecule has 0 aromatic heterocycles. The number of rotatable bonds is 4. The lowest BCUT2D eigenvalue weighted by atomic mass is 9.33. The van der Waals surface area contributed by atoms with Gasteiger partial charge in [0.15, 0.2) is 0 Å². The third-order valence-corrected chi connectivity index (χ3v) is 23.1. The second-order valence-electron chi connectivity index (χ2n) is 27.2. The van der Waals surface area contributed by atoms with Crippen LogP contribution in [0.25, 0.3) is 0 Å². The van der Waals surface area contributed by atoms with E-state index >= 15 is 0 Å². The van der Waals surface area contributed by atoms with Crippen molar-refractivity contribution in [2.24, 2.45) is 0 Å². The quantitative estimate of drug-likeness (QED) is 0.163. The average molecular weight is 962 g/mol. The molecule has 0 spiro atoms. The summed E-state index contributed by atoms with van der Waals surface area (Å²) in [6.07, 6.45) is 4.83. The van der Waals surface area contributed by atoms with Crippen LogP contribution >= 0.6 is 0 Å². The minimum atomic E-state index is -2.69. The van der Waals surface area contributed by atoms with Crippen LogP contribution in [0.15, 0.2) is 140 Å². The minimum absolute atomic E-state index is 0.0142. The lowest BCUT2D eigenvalue weighted by Gasteiger charge is -2.53. The number of anilines is 8. The highest BCUT2D eigenvalue weighted by Crippen LogP contribution is 2.62. The van der Waals surface area contributed by atoms with Crippen LogP contribution in [-0.4, -0.2) is 20.3 Å². The van der Waals surface area contributed by atoms with Gasteiger partial charge in [-0.05, 0) is 145 Å². The molecule has 1 fully saturated rings. The van der Waals surface area contributed by atoms with Crippen LogP contribution in [0.2, 0.25) is 6.55 Å². The summed E-state index contributed by atoms with van der Waals surface area (Å²) in [7, 11) is -2.69. The van der Waals surface area contributed by atoms with E-state index in [2.05, 4.69) is 258 Å². The number of benzene rings is 7. The second-order valence-corrected chi connectivity index (χ2v) is 31.1. The van der Waals surface area contributed by atoms with E-state index in [1.165, 1.54) is 119 Å². The van der Waals surface area contributed by atoms with E-state index in [0.29, 0.717) is 0 Å². The van der Waals surface area contributed by atoms with Gasteiger partial charge in [0.05, 0.1) is 5.54 Å². The Balaban J connectivity index is 1.27. The molecule has 5 aliphatic rings. The van der Waals surface area contributed by atoms with Crippen LogP contribution in [0.4, 0.5) is 45.5 Å². The molecule has 1 aliphatic carbocycles. The number of hydrogen-bond donors (Lipinski definition) is 0. The first-order chi connectivity index (χ1) is 33.9. The molecule has 0 radical (unpaired) electrons. The van der Waals surface area contributed by atoms with Gasteiger partial charge in [-0.2, -0.15) is 0 Å². The Bertz CT molecular complexity index is 3330. The molecule has 3 unspecified atom stereocenters. The van der Waals surface area contributed by atoms with Crippen molar-refractivity contribution >= 4 is 92.2 Å². The maximum Gasteiger partial charge on any atom is 0.251 e. The zero-order chi connectivity index (χ0) is 50.9. The number of fused-ring (bicyclic) bond motifs is 3. The first-order valence-electron chi connectivity index (χ1n) is 27.2. The maximum absolute atomic E-state index is 2.82. The van der Waals surface area contributed by atoms with E-state index in [4.69, 9.17) is 0 Å². The Kier molecular flexibility index (Phi) is 10.1. The first-order valence-corrected chi connectivity index (χ1v) is 29.7. The Hall–Kier alpha value is -5.78. The summed E-state index contributed by atoms with van der Waals surface area (Å²) in [5.74, 6) is 0. The number of hydrogen-bond acceptors (Lipinski definition) is 3. The number of para-hydroxylation sites is 1. The van der Waals surface area contributed by atoms with Crippen molar-refractivity contribution in [1.29, 1.82) is 0 Å². The van der Waals surface area contributed by atoms with Gasteiger partial charge in [-0.3, -0.25) is 0 Å². The molecule has 0 bridgehead atoms. The summed E-state index contributed by atoms with van der Waals surface area (Å²) in [4.78, 5) is 8.29. The zero-order valence-electron chi connectivity index (χ0n) is 46.0. The third kappa shape index (κ3) is 6.60. The molecule has 5 heteroatoms. The predicted octanol–water partition coefficient (Wildman–Crippen LogP) is 14.1. The van der Waals surface area contributed by atoms with E-state index < -0.39 is 8.07 Å². The Morgan fingerprint density at radius 3 is 1.58 bits per heavy atom. The van der Waals surface area contributed by atoms with Crippen molar-refractivity contribution in [2.75, 3.05) is 14.7 Å². The van der Waals surface area contributed by atoms with E-state index in [-0.39, 0.29) is 39.3 Å². The van der Waals surface area contributed by atoms with Crippen molar-refractivity contribution in [3.05, 3.63) is 167 Å². The van der Waals surface area contributed by atoms with Crippen molar-refractivity contribution in [2.45, 2.75) is 162 Å². The smallest absolute Gasteiger partial charge is 0.251 e. The highest BCUT2D eigenvalue weighted by atomic mass is 28.3. The summed E-state index contributed by atoms with van der Waals surface area (Å²) < 4.78 is 0. The van der Waals surface area contributed by atoms with Crippen LogP contribution in [-0.2, 0) is 27.1 Å². The Morgan fingerprint density at radius 1 is 0.431 bits per heavy atom. The molecule has 4 heterocycles. The monoisotopic (exact) mass is 962 g/mol. The topological polar surface area (TPSA) is 9.72 Å². The fourth-order valence-corrected chi connectivity index (χ4v) is 18.4. The highest BCUT2D eigenvalue weighted by molar-refractivity contribution is 7.21.